The lowest BCUT2D eigenvalue weighted by molar-refractivity contribution is 0.963. The van der Waals surface area contributed by atoms with E-state index in [-0.39, 0.29) is 0 Å². The van der Waals surface area contributed by atoms with Crippen molar-refractivity contribution in [2.45, 2.75) is 20.4 Å². The molecule has 1 N–H and O–H groups in total. The van der Waals surface area contributed by atoms with Crippen LogP contribution in [0.3, 0.4) is 0 Å². The quantitative estimate of drug-likeness (QED) is 0.851. The van der Waals surface area contributed by atoms with Crippen LogP contribution >= 0.6 is 0 Å². The average molecular weight is 213 g/mol. The summed E-state index contributed by atoms with van der Waals surface area (Å²) in [5.41, 5.74) is 3.45. The molecular weight excluding hydrogens is 198 g/mol. The van der Waals surface area contributed by atoms with Crippen LogP contribution in [-0.2, 0) is 6.54 Å². The lowest BCUT2D eigenvalue weighted by atomic mass is 10.1. The third-order valence-electron chi connectivity index (χ3n) is 2.39. The van der Waals surface area contributed by atoms with Gasteiger partial charge in [0.2, 0.25) is 0 Å². The molecule has 0 aliphatic rings. The molecule has 2 aromatic rings. The molecule has 0 bridgehead atoms. The van der Waals surface area contributed by atoms with Gasteiger partial charge in [0.05, 0.1) is 5.69 Å². The summed E-state index contributed by atoms with van der Waals surface area (Å²) in [4.78, 5) is 0. The Hall–Kier alpha value is -1.90. The summed E-state index contributed by atoms with van der Waals surface area (Å²) in [6.07, 6.45) is 0. The molecule has 0 aliphatic carbocycles. The minimum atomic E-state index is 0.776. The number of aromatic nitrogens is 2. The zero-order chi connectivity index (χ0) is 11.4. The SMILES string of the molecule is Cc1ccc(CNc2ccc(C)nn2)cc1. The Labute approximate surface area is 95.5 Å². The molecule has 0 saturated carbocycles. The van der Waals surface area contributed by atoms with E-state index in [1.807, 2.05) is 19.1 Å². The van der Waals surface area contributed by atoms with Gasteiger partial charge in [0.25, 0.3) is 0 Å². The van der Waals surface area contributed by atoms with E-state index in [4.69, 9.17) is 0 Å². The molecule has 1 aromatic heterocycles. The fourth-order valence-corrected chi connectivity index (χ4v) is 1.39. The Bertz CT molecular complexity index is 400. The fraction of sp³-hybridized carbons (Fsp3) is 0.231. The maximum Gasteiger partial charge on any atom is 0.148 e. The van der Waals surface area contributed by atoms with Gasteiger partial charge in [-0.2, -0.15) is 5.10 Å². The Kier molecular flexibility index (Phi) is 3.15. The van der Waals surface area contributed by atoms with Crippen LogP contribution in [0.4, 0.5) is 5.82 Å². The average Bonchev–Trinajstić information content (AvgIpc) is 2.30. The van der Waals surface area contributed by atoms with Crippen LogP contribution < -0.4 is 5.32 Å². The monoisotopic (exact) mass is 213 g/mol. The standard InChI is InChI=1S/C13H15N3/c1-10-3-6-12(7-4-10)9-14-13-8-5-11(2)15-16-13/h3-8H,9H2,1-2H3,(H,14,16). The van der Waals surface area contributed by atoms with Crippen LogP contribution in [0.15, 0.2) is 36.4 Å². The topological polar surface area (TPSA) is 37.8 Å². The van der Waals surface area contributed by atoms with E-state index in [1.165, 1.54) is 11.1 Å². The number of hydrogen-bond donors (Lipinski definition) is 1. The highest BCUT2D eigenvalue weighted by atomic mass is 15.2. The van der Waals surface area contributed by atoms with Crippen LogP contribution in [0.25, 0.3) is 0 Å². The Morgan fingerprint density at radius 2 is 1.69 bits per heavy atom. The molecule has 3 nitrogen and oxygen atoms in total. The molecule has 0 atom stereocenters. The molecule has 0 unspecified atom stereocenters. The molecular formula is C13H15N3. The van der Waals surface area contributed by atoms with Crippen molar-refractivity contribution in [2.75, 3.05) is 5.32 Å². The van der Waals surface area contributed by atoms with Gasteiger partial charge in [0.15, 0.2) is 0 Å². The normalized spacial score (nSPS) is 10.1. The van der Waals surface area contributed by atoms with Gasteiger partial charge in [0.1, 0.15) is 5.82 Å². The predicted molar refractivity (Wildman–Crippen MR) is 65.3 cm³/mol. The van der Waals surface area contributed by atoms with Crippen molar-refractivity contribution >= 4 is 5.82 Å². The van der Waals surface area contributed by atoms with Crippen molar-refractivity contribution in [3.8, 4) is 0 Å². The van der Waals surface area contributed by atoms with E-state index >= 15 is 0 Å². The molecule has 16 heavy (non-hydrogen) atoms. The van der Waals surface area contributed by atoms with Gasteiger partial charge in [-0.15, -0.1) is 5.10 Å². The van der Waals surface area contributed by atoms with Gasteiger partial charge in [-0.1, -0.05) is 29.8 Å². The number of anilines is 1. The Morgan fingerprint density at radius 3 is 2.31 bits per heavy atom. The molecule has 0 saturated heterocycles. The first kappa shape index (κ1) is 10.6. The highest BCUT2D eigenvalue weighted by Gasteiger charge is 1.95. The lowest BCUT2D eigenvalue weighted by Gasteiger charge is -2.05. The lowest BCUT2D eigenvalue weighted by Crippen LogP contribution is -2.02. The van der Waals surface area contributed by atoms with E-state index in [9.17, 15) is 0 Å². The van der Waals surface area contributed by atoms with Gasteiger partial charge in [-0.05, 0) is 31.5 Å². The molecule has 0 aliphatic heterocycles. The molecule has 82 valence electrons. The smallest absolute Gasteiger partial charge is 0.148 e. The minimum Gasteiger partial charge on any atom is -0.365 e. The van der Waals surface area contributed by atoms with Crippen molar-refractivity contribution in [2.24, 2.45) is 0 Å². The second kappa shape index (κ2) is 4.75. The molecule has 2 rings (SSSR count). The van der Waals surface area contributed by atoms with Gasteiger partial charge in [0, 0.05) is 6.54 Å². The second-order valence-electron chi connectivity index (χ2n) is 3.90. The maximum absolute atomic E-state index is 4.05. The van der Waals surface area contributed by atoms with E-state index in [0.717, 1.165) is 18.1 Å². The summed E-state index contributed by atoms with van der Waals surface area (Å²) < 4.78 is 0. The van der Waals surface area contributed by atoms with E-state index in [0.29, 0.717) is 0 Å². The van der Waals surface area contributed by atoms with Gasteiger partial charge in [-0.25, -0.2) is 0 Å². The van der Waals surface area contributed by atoms with Gasteiger partial charge >= 0.3 is 0 Å². The van der Waals surface area contributed by atoms with Gasteiger partial charge in [-0.3, -0.25) is 0 Å². The molecule has 1 aromatic carbocycles. The van der Waals surface area contributed by atoms with Crippen molar-refractivity contribution < 1.29 is 0 Å². The van der Waals surface area contributed by atoms with Crippen LogP contribution in [0, 0.1) is 13.8 Å². The molecule has 0 fully saturated rings. The van der Waals surface area contributed by atoms with Gasteiger partial charge < -0.3 is 5.32 Å². The van der Waals surface area contributed by atoms with E-state index in [1.54, 1.807) is 0 Å². The number of benzene rings is 1. The Morgan fingerprint density at radius 1 is 0.938 bits per heavy atom. The molecule has 1 heterocycles. The summed E-state index contributed by atoms with van der Waals surface area (Å²) in [5, 5.41) is 11.3. The van der Waals surface area contributed by atoms with E-state index < -0.39 is 0 Å². The Balaban J connectivity index is 1.97. The first-order valence-electron chi connectivity index (χ1n) is 5.34. The third kappa shape index (κ3) is 2.79. The first-order valence-corrected chi connectivity index (χ1v) is 5.34. The second-order valence-corrected chi connectivity index (χ2v) is 3.90. The highest BCUT2D eigenvalue weighted by molar-refractivity contribution is 5.34. The molecule has 0 radical (unpaired) electrons. The first-order chi connectivity index (χ1) is 7.74. The van der Waals surface area contributed by atoms with Crippen molar-refractivity contribution in [3.05, 3.63) is 53.2 Å². The molecule has 0 amide bonds. The van der Waals surface area contributed by atoms with Crippen LogP contribution in [0.2, 0.25) is 0 Å². The fourth-order valence-electron chi connectivity index (χ4n) is 1.39. The molecule has 3 heteroatoms. The summed E-state index contributed by atoms with van der Waals surface area (Å²) in [5.74, 6) is 0.811. The van der Waals surface area contributed by atoms with Crippen molar-refractivity contribution in [1.82, 2.24) is 10.2 Å². The largest absolute Gasteiger partial charge is 0.365 e. The van der Waals surface area contributed by atoms with Crippen LogP contribution in [0.5, 0.6) is 0 Å². The predicted octanol–water partition coefficient (Wildman–Crippen LogP) is 2.71. The number of nitrogens with one attached hydrogen (secondary N) is 1. The molecule has 0 spiro atoms. The summed E-state index contributed by atoms with van der Waals surface area (Å²) >= 11 is 0. The zero-order valence-corrected chi connectivity index (χ0v) is 9.57. The number of hydrogen-bond acceptors (Lipinski definition) is 3. The maximum atomic E-state index is 4.05. The minimum absolute atomic E-state index is 0.776. The van der Waals surface area contributed by atoms with Crippen LogP contribution in [-0.4, -0.2) is 10.2 Å². The summed E-state index contributed by atoms with van der Waals surface area (Å²) in [6, 6.07) is 12.3. The summed E-state index contributed by atoms with van der Waals surface area (Å²) in [6.45, 7) is 4.79. The zero-order valence-electron chi connectivity index (χ0n) is 9.57. The number of aryl methyl sites for hydroxylation is 2. The van der Waals surface area contributed by atoms with E-state index in [2.05, 4.69) is 46.7 Å². The van der Waals surface area contributed by atoms with Crippen LogP contribution in [0.1, 0.15) is 16.8 Å². The van der Waals surface area contributed by atoms with Crippen molar-refractivity contribution in [1.29, 1.82) is 0 Å². The summed E-state index contributed by atoms with van der Waals surface area (Å²) in [7, 11) is 0. The van der Waals surface area contributed by atoms with Crippen molar-refractivity contribution in [3.63, 3.8) is 0 Å². The number of nitrogens with zero attached hydrogens (tertiary/aromatic N) is 2. The highest BCUT2D eigenvalue weighted by Crippen LogP contribution is 2.06. The third-order valence-corrected chi connectivity index (χ3v) is 2.39. The number of rotatable bonds is 3.